The molecule has 1 atom stereocenters. The molecule has 0 aliphatic rings. The van der Waals surface area contributed by atoms with E-state index in [0.29, 0.717) is 0 Å². The zero-order valence-electron chi connectivity index (χ0n) is 4.35. The van der Waals surface area contributed by atoms with Gasteiger partial charge in [-0.25, -0.2) is 4.79 Å². The van der Waals surface area contributed by atoms with Gasteiger partial charge in [-0.1, -0.05) is 0 Å². The highest BCUT2D eigenvalue weighted by atomic mass is 16.2. The zero-order chi connectivity index (χ0) is 5.86. The summed E-state index contributed by atoms with van der Waals surface area (Å²) in [7, 11) is 3.25. The second kappa shape index (κ2) is 2.71. The van der Waals surface area contributed by atoms with Crippen molar-refractivity contribution >= 4 is 5.91 Å². The molecule has 0 fully saturated rings. The van der Waals surface area contributed by atoms with Gasteiger partial charge in [-0.15, -0.1) is 7.05 Å². The molecule has 0 bridgehead atoms. The molecule has 0 spiro atoms. The molecule has 7 heavy (non-hydrogen) atoms. The molecule has 0 heterocycles. The first-order valence-corrected chi connectivity index (χ1v) is 2.10. The van der Waals surface area contributed by atoms with Crippen molar-refractivity contribution in [3.05, 3.63) is 7.05 Å². The molecule has 3 heteroatoms. The minimum atomic E-state index is -0.391. The van der Waals surface area contributed by atoms with Gasteiger partial charge in [0.15, 0.2) is 0 Å². The number of carbonyl (C=O) groups excluding carboxylic acids is 1. The Balaban J connectivity index is 3.35. The van der Waals surface area contributed by atoms with Crippen LogP contribution in [0.3, 0.4) is 0 Å². The first-order valence-electron chi connectivity index (χ1n) is 2.10. The average Bonchev–Trinajstić information content (AvgIpc) is 1.65. The van der Waals surface area contributed by atoms with Gasteiger partial charge < -0.3 is 11.1 Å². The van der Waals surface area contributed by atoms with E-state index in [1.165, 1.54) is 5.32 Å². The van der Waals surface area contributed by atoms with E-state index >= 15 is 0 Å². The maximum absolute atomic E-state index is 10.3. The fourth-order valence-corrected chi connectivity index (χ4v) is 0.186. The molecule has 0 aliphatic carbocycles. The highest BCUT2D eigenvalue weighted by Gasteiger charge is 2.03. The van der Waals surface area contributed by atoms with Gasteiger partial charge >= 0.3 is 5.91 Å². The van der Waals surface area contributed by atoms with Crippen LogP contribution in [0.1, 0.15) is 6.92 Å². The monoisotopic (exact) mass is 102 g/mol. The standard InChI is InChI=1S/C4H10N2O/c1-3(5)4(7)6-2/h3H,2,5-6H2,1H3/t3-/m1/s1. The number of primary amides is 1. The van der Waals surface area contributed by atoms with Crippen molar-refractivity contribution in [1.29, 1.82) is 0 Å². The van der Waals surface area contributed by atoms with Crippen LogP contribution < -0.4 is 11.1 Å². The minimum Gasteiger partial charge on any atom is -0.414 e. The SMILES string of the molecule is [CH2-][NH2+]C(=O)[C@@H](C)N. The highest BCUT2D eigenvalue weighted by Crippen LogP contribution is 1.63. The van der Waals surface area contributed by atoms with Gasteiger partial charge in [-0.05, 0) is 6.92 Å². The molecule has 0 aromatic carbocycles. The number of rotatable bonds is 1. The average molecular weight is 102 g/mol. The summed E-state index contributed by atoms with van der Waals surface area (Å²) in [6.45, 7) is 1.63. The Labute approximate surface area is 42.9 Å². The molecule has 3 nitrogen and oxygen atoms in total. The number of nitrogens with two attached hydrogens (primary N) is 2. The van der Waals surface area contributed by atoms with Crippen molar-refractivity contribution in [3.63, 3.8) is 0 Å². The Hall–Kier alpha value is -0.410. The fraction of sp³-hybridized carbons (Fsp3) is 0.500. The van der Waals surface area contributed by atoms with E-state index < -0.39 is 6.04 Å². The molecule has 0 radical (unpaired) electrons. The number of quaternary nitrogens is 1. The molecule has 0 aromatic rings. The van der Waals surface area contributed by atoms with Crippen LogP contribution in [-0.4, -0.2) is 11.9 Å². The first kappa shape index (κ1) is 6.59. The minimum absolute atomic E-state index is 0.111. The van der Waals surface area contributed by atoms with Gasteiger partial charge in [0.05, 0.1) is 0 Å². The summed E-state index contributed by atoms with van der Waals surface area (Å²) in [4.78, 5) is 10.3. The Morgan fingerprint density at radius 1 is 2.00 bits per heavy atom. The van der Waals surface area contributed by atoms with E-state index in [4.69, 9.17) is 5.73 Å². The molecule has 4 N–H and O–H groups in total. The molecule has 0 aliphatic heterocycles. The van der Waals surface area contributed by atoms with E-state index in [2.05, 4.69) is 7.05 Å². The van der Waals surface area contributed by atoms with Crippen molar-refractivity contribution in [3.8, 4) is 0 Å². The van der Waals surface area contributed by atoms with Crippen LogP contribution in [0.15, 0.2) is 0 Å². The van der Waals surface area contributed by atoms with Crippen LogP contribution in [0.2, 0.25) is 0 Å². The Kier molecular flexibility index (Phi) is 2.55. The summed E-state index contributed by atoms with van der Waals surface area (Å²) < 4.78 is 0. The third kappa shape index (κ3) is 2.31. The number of carbonyl (C=O) groups is 1. The second-order valence-electron chi connectivity index (χ2n) is 1.40. The van der Waals surface area contributed by atoms with Crippen LogP contribution in [0.5, 0.6) is 0 Å². The molecule has 42 valence electrons. The molecule has 0 saturated carbocycles. The zero-order valence-corrected chi connectivity index (χ0v) is 4.35. The fourth-order valence-electron chi connectivity index (χ4n) is 0.186. The summed E-state index contributed by atoms with van der Waals surface area (Å²) in [6.07, 6.45) is 0. The van der Waals surface area contributed by atoms with E-state index in [0.717, 1.165) is 0 Å². The molecular formula is C4H10N2O. The maximum Gasteiger partial charge on any atom is 0.301 e. The van der Waals surface area contributed by atoms with Crippen molar-refractivity contribution in [1.82, 2.24) is 0 Å². The predicted molar refractivity (Wildman–Crippen MR) is 25.9 cm³/mol. The summed E-state index contributed by atoms with van der Waals surface area (Å²) in [6, 6.07) is -0.391. The summed E-state index contributed by atoms with van der Waals surface area (Å²) in [5, 5.41) is 1.23. The van der Waals surface area contributed by atoms with Crippen LogP contribution in [0.25, 0.3) is 0 Å². The predicted octanol–water partition coefficient (Wildman–Crippen LogP) is -1.78. The van der Waals surface area contributed by atoms with Crippen LogP contribution in [0, 0.1) is 7.05 Å². The topological polar surface area (TPSA) is 59.7 Å². The van der Waals surface area contributed by atoms with Crippen molar-refractivity contribution in [2.75, 3.05) is 0 Å². The molecule has 0 aromatic heterocycles. The van der Waals surface area contributed by atoms with Gasteiger partial charge in [0.25, 0.3) is 0 Å². The van der Waals surface area contributed by atoms with Gasteiger partial charge in [0, 0.05) is 0 Å². The summed E-state index contributed by atoms with van der Waals surface area (Å²) in [5.41, 5.74) is 5.13. The van der Waals surface area contributed by atoms with Gasteiger partial charge in [-0.2, -0.15) is 0 Å². The van der Waals surface area contributed by atoms with Crippen LogP contribution in [-0.2, 0) is 4.79 Å². The van der Waals surface area contributed by atoms with E-state index in [1.54, 1.807) is 6.92 Å². The highest BCUT2D eigenvalue weighted by molar-refractivity contribution is 5.71. The lowest BCUT2D eigenvalue weighted by atomic mass is 10.3. The molecular weight excluding hydrogens is 92.1 g/mol. The maximum atomic E-state index is 10.3. The number of amides is 1. The van der Waals surface area contributed by atoms with Crippen molar-refractivity contribution in [2.45, 2.75) is 13.0 Å². The normalized spacial score (nSPS) is 13.6. The summed E-state index contributed by atoms with van der Waals surface area (Å²) in [5.74, 6) is -0.111. The van der Waals surface area contributed by atoms with Gasteiger partial charge in [0.1, 0.15) is 6.04 Å². The van der Waals surface area contributed by atoms with Gasteiger partial charge in [-0.3, -0.25) is 0 Å². The smallest absolute Gasteiger partial charge is 0.301 e. The Morgan fingerprint density at radius 2 is 2.43 bits per heavy atom. The number of hydrogen-bond acceptors (Lipinski definition) is 2. The first-order chi connectivity index (χ1) is 3.18. The number of hydrogen-bond donors (Lipinski definition) is 2. The van der Waals surface area contributed by atoms with Crippen LogP contribution in [0.4, 0.5) is 0 Å². The lowest BCUT2D eigenvalue weighted by molar-refractivity contribution is -0.508. The van der Waals surface area contributed by atoms with E-state index in [9.17, 15) is 4.79 Å². The third-order valence-corrected chi connectivity index (χ3v) is 0.650. The van der Waals surface area contributed by atoms with E-state index in [-0.39, 0.29) is 5.91 Å². The third-order valence-electron chi connectivity index (χ3n) is 0.650. The second-order valence-corrected chi connectivity index (χ2v) is 1.40. The summed E-state index contributed by atoms with van der Waals surface area (Å²) >= 11 is 0. The van der Waals surface area contributed by atoms with Crippen LogP contribution >= 0.6 is 0 Å². The molecule has 0 saturated heterocycles. The lowest BCUT2D eigenvalue weighted by Gasteiger charge is -1.98. The van der Waals surface area contributed by atoms with Gasteiger partial charge in [0.2, 0.25) is 0 Å². The van der Waals surface area contributed by atoms with Crippen molar-refractivity contribution in [2.24, 2.45) is 5.73 Å². The quantitative estimate of drug-likeness (QED) is 0.384. The van der Waals surface area contributed by atoms with Crippen molar-refractivity contribution < 1.29 is 10.1 Å². The Bertz CT molecular complexity index is 70.1. The van der Waals surface area contributed by atoms with E-state index in [1.807, 2.05) is 0 Å². The molecule has 0 unspecified atom stereocenters. The largest absolute Gasteiger partial charge is 0.414 e. The Morgan fingerprint density at radius 3 is 2.43 bits per heavy atom. The molecule has 0 rings (SSSR count). The molecule has 1 amide bonds. The lowest BCUT2D eigenvalue weighted by Crippen LogP contribution is -2.84.